The van der Waals surface area contributed by atoms with Gasteiger partial charge in [-0.25, -0.2) is 0 Å². The van der Waals surface area contributed by atoms with E-state index in [4.69, 9.17) is 0 Å². The molecule has 0 saturated carbocycles. The van der Waals surface area contributed by atoms with Crippen LogP contribution < -0.4 is 0 Å². The van der Waals surface area contributed by atoms with E-state index in [9.17, 15) is 26.3 Å². The largest absolute Gasteiger partial charge is 0.400 e. The molecule has 0 nitrogen and oxygen atoms in total. The molecule has 0 fully saturated rings. The van der Waals surface area contributed by atoms with Gasteiger partial charge in [-0.2, -0.15) is 26.3 Å². The molecule has 0 rings (SSSR count). The second-order valence-electron chi connectivity index (χ2n) is 3.39. The Balaban J connectivity index is 4.15. The van der Waals surface area contributed by atoms with Crippen molar-refractivity contribution >= 4 is 0 Å². The number of alkyl halides is 6. The van der Waals surface area contributed by atoms with Gasteiger partial charge >= 0.3 is 12.4 Å². The zero-order valence-corrected chi connectivity index (χ0v) is 8.54. The maximum Gasteiger partial charge on any atom is 0.400 e. The van der Waals surface area contributed by atoms with E-state index in [0.29, 0.717) is 12.8 Å². The lowest BCUT2D eigenvalue weighted by molar-refractivity contribution is -0.285. The van der Waals surface area contributed by atoms with E-state index in [-0.39, 0.29) is 6.42 Å². The summed E-state index contributed by atoms with van der Waals surface area (Å²) in [5, 5.41) is 0. The molecule has 16 heavy (non-hydrogen) atoms. The van der Waals surface area contributed by atoms with Crippen LogP contribution in [-0.4, -0.2) is 12.4 Å². The molecule has 0 aliphatic carbocycles. The predicted molar refractivity (Wildman–Crippen MR) is 48.6 cm³/mol. The number of rotatable bonds is 5. The smallest absolute Gasteiger partial charge is 0.170 e. The molecule has 0 aliphatic heterocycles. The minimum Gasteiger partial charge on any atom is -0.170 e. The van der Waals surface area contributed by atoms with Gasteiger partial charge in [-0.3, -0.25) is 0 Å². The first kappa shape index (κ1) is 15.3. The van der Waals surface area contributed by atoms with Gasteiger partial charge < -0.3 is 0 Å². The second-order valence-corrected chi connectivity index (χ2v) is 3.39. The maximum atomic E-state index is 12.0. The summed E-state index contributed by atoms with van der Waals surface area (Å²) < 4.78 is 72.3. The van der Waals surface area contributed by atoms with E-state index in [2.05, 4.69) is 6.92 Å². The normalized spacial score (nSPS) is 14.0. The standard InChI is InChI=1S/C10H13F6/c1-2-3-4-5-6-7-8(9(11,12)13)10(14,15)16/h2-3,8H,1,4-7H2. The molecule has 0 aliphatic rings. The SMILES string of the molecule is [CH2]C=CCCCCC(C(F)(F)F)C(F)(F)F. The highest BCUT2D eigenvalue weighted by molar-refractivity contribution is 4.83. The van der Waals surface area contributed by atoms with Gasteiger partial charge in [-0.1, -0.05) is 18.6 Å². The minimum atomic E-state index is -5.21. The van der Waals surface area contributed by atoms with Gasteiger partial charge in [0.2, 0.25) is 0 Å². The lowest BCUT2D eigenvalue weighted by Crippen LogP contribution is -2.36. The Kier molecular flexibility index (Phi) is 5.89. The number of hydrogen-bond donors (Lipinski definition) is 0. The van der Waals surface area contributed by atoms with Gasteiger partial charge in [-0.15, -0.1) is 0 Å². The van der Waals surface area contributed by atoms with Crippen molar-refractivity contribution in [3.8, 4) is 0 Å². The van der Waals surface area contributed by atoms with Gasteiger partial charge in [0.15, 0.2) is 5.92 Å². The van der Waals surface area contributed by atoms with Crippen LogP contribution in [-0.2, 0) is 0 Å². The Morgan fingerprint density at radius 2 is 1.44 bits per heavy atom. The molecule has 0 bridgehead atoms. The van der Waals surface area contributed by atoms with Crippen LogP contribution in [0.2, 0.25) is 0 Å². The van der Waals surface area contributed by atoms with Gasteiger partial charge in [0.25, 0.3) is 0 Å². The highest BCUT2D eigenvalue weighted by Crippen LogP contribution is 2.42. The fraction of sp³-hybridized carbons (Fsp3) is 0.700. The quantitative estimate of drug-likeness (QED) is 0.489. The third-order valence-corrected chi connectivity index (χ3v) is 2.07. The first-order chi connectivity index (χ1) is 7.19. The third-order valence-electron chi connectivity index (χ3n) is 2.07. The van der Waals surface area contributed by atoms with Crippen molar-refractivity contribution < 1.29 is 26.3 Å². The molecule has 1 radical (unpaired) electrons. The molecular weight excluding hydrogens is 234 g/mol. The van der Waals surface area contributed by atoms with Crippen LogP contribution in [0.4, 0.5) is 26.3 Å². The molecular formula is C10H13F6. The Bertz CT molecular complexity index is 198. The summed E-state index contributed by atoms with van der Waals surface area (Å²) in [4.78, 5) is 0. The average molecular weight is 247 g/mol. The van der Waals surface area contributed by atoms with E-state index < -0.39 is 24.7 Å². The number of hydrogen-bond acceptors (Lipinski definition) is 0. The summed E-state index contributed by atoms with van der Waals surface area (Å²) in [6, 6.07) is 0. The summed E-state index contributed by atoms with van der Waals surface area (Å²) in [6.07, 6.45) is -7.60. The van der Waals surface area contributed by atoms with Crippen molar-refractivity contribution in [1.29, 1.82) is 0 Å². The van der Waals surface area contributed by atoms with Crippen LogP contribution in [0, 0.1) is 12.8 Å². The summed E-state index contributed by atoms with van der Waals surface area (Å²) >= 11 is 0. The molecule has 0 unspecified atom stereocenters. The van der Waals surface area contributed by atoms with Crippen LogP contribution in [0.3, 0.4) is 0 Å². The summed E-state index contributed by atoms with van der Waals surface area (Å²) in [5.41, 5.74) is 0. The van der Waals surface area contributed by atoms with Crippen LogP contribution in [0.5, 0.6) is 0 Å². The van der Waals surface area contributed by atoms with Crippen molar-refractivity contribution in [2.45, 2.75) is 38.0 Å². The van der Waals surface area contributed by atoms with Crippen LogP contribution >= 0.6 is 0 Å². The topological polar surface area (TPSA) is 0 Å². The molecule has 0 heterocycles. The van der Waals surface area contributed by atoms with E-state index >= 15 is 0 Å². The summed E-state index contributed by atoms with van der Waals surface area (Å²) in [5.74, 6) is -3.20. The van der Waals surface area contributed by atoms with E-state index in [1.54, 1.807) is 6.08 Å². The third kappa shape index (κ3) is 6.02. The molecule has 0 saturated heterocycles. The summed E-state index contributed by atoms with van der Waals surface area (Å²) in [6.45, 7) is 3.36. The first-order valence-corrected chi connectivity index (χ1v) is 4.77. The molecule has 0 aromatic heterocycles. The van der Waals surface area contributed by atoms with Crippen molar-refractivity contribution in [3.05, 3.63) is 19.1 Å². The van der Waals surface area contributed by atoms with Crippen molar-refractivity contribution in [1.82, 2.24) is 0 Å². The first-order valence-electron chi connectivity index (χ1n) is 4.77. The van der Waals surface area contributed by atoms with Crippen molar-refractivity contribution in [2.24, 2.45) is 5.92 Å². The lowest BCUT2D eigenvalue weighted by Gasteiger charge is -2.22. The average Bonchev–Trinajstić information content (AvgIpc) is 2.06. The van der Waals surface area contributed by atoms with Crippen LogP contribution in [0.15, 0.2) is 12.2 Å². The molecule has 0 spiro atoms. The van der Waals surface area contributed by atoms with Crippen LogP contribution in [0.25, 0.3) is 0 Å². The van der Waals surface area contributed by atoms with E-state index in [0.717, 1.165) is 0 Å². The molecule has 0 N–H and O–H groups in total. The van der Waals surface area contributed by atoms with Gasteiger partial charge in [-0.05, 0) is 26.2 Å². The molecule has 95 valence electrons. The fourth-order valence-electron chi connectivity index (χ4n) is 1.24. The molecule has 0 aromatic carbocycles. The molecule has 0 amide bonds. The van der Waals surface area contributed by atoms with Gasteiger partial charge in [0.1, 0.15) is 0 Å². The Hall–Kier alpha value is -0.680. The molecule has 0 aromatic rings. The van der Waals surface area contributed by atoms with Crippen molar-refractivity contribution in [2.75, 3.05) is 0 Å². The predicted octanol–water partition coefficient (Wildman–Crippen LogP) is 4.68. The minimum absolute atomic E-state index is 0.103. The van der Waals surface area contributed by atoms with Crippen LogP contribution in [0.1, 0.15) is 25.7 Å². The lowest BCUT2D eigenvalue weighted by atomic mass is 10.00. The zero-order valence-electron chi connectivity index (χ0n) is 8.54. The Labute approximate surface area is 90.3 Å². The second kappa shape index (κ2) is 6.15. The Morgan fingerprint density at radius 3 is 1.81 bits per heavy atom. The van der Waals surface area contributed by atoms with Crippen molar-refractivity contribution in [3.63, 3.8) is 0 Å². The zero-order chi connectivity index (χ0) is 12.8. The summed E-state index contributed by atoms with van der Waals surface area (Å²) in [7, 11) is 0. The molecule has 0 atom stereocenters. The van der Waals surface area contributed by atoms with Gasteiger partial charge in [0.05, 0.1) is 0 Å². The monoisotopic (exact) mass is 247 g/mol. The van der Waals surface area contributed by atoms with Gasteiger partial charge in [0, 0.05) is 0 Å². The van der Waals surface area contributed by atoms with E-state index in [1.807, 2.05) is 0 Å². The number of halogens is 6. The molecule has 6 heteroatoms. The number of allylic oxidation sites excluding steroid dienone is 2. The highest BCUT2D eigenvalue weighted by atomic mass is 19.4. The highest BCUT2D eigenvalue weighted by Gasteiger charge is 2.55. The fourth-order valence-corrected chi connectivity index (χ4v) is 1.24. The number of unbranched alkanes of at least 4 members (excludes halogenated alkanes) is 2. The maximum absolute atomic E-state index is 12.0. The van der Waals surface area contributed by atoms with E-state index in [1.165, 1.54) is 6.08 Å². The Morgan fingerprint density at radius 1 is 0.938 bits per heavy atom.